The van der Waals surface area contributed by atoms with Gasteiger partial charge >= 0.3 is 6.18 Å². The molecular weight excluding hydrogens is 407 g/mol. The van der Waals surface area contributed by atoms with Crippen molar-refractivity contribution in [3.8, 4) is 11.8 Å². The Morgan fingerprint density at radius 2 is 1.77 bits per heavy atom. The molecular formula is C23H18F3N3O2. The Bertz CT molecular complexity index is 1120. The van der Waals surface area contributed by atoms with E-state index in [1.807, 2.05) is 6.92 Å². The highest BCUT2D eigenvalue weighted by Gasteiger charge is 2.33. The maximum absolute atomic E-state index is 13.3. The molecule has 0 fully saturated rings. The molecule has 1 amide bonds. The minimum Gasteiger partial charge on any atom is -0.497 e. The van der Waals surface area contributed by atoms with Crippen molar-refractivity contribution in [2.24, 2.45) is 0 Å². The van der Waals surface area contributed by atoms with Crippen LogP contribution < -0.4 is 9.64 Å². The molecule has 0 aliphatic carbocycles. The number of pyridine rings is 1. The number of nitriles is 1. The van der Waals surface area contributed by atoms with Crippen LogP contribution in [-0.4, -0.2) is 18.0 Å². The minimum atomic E-state index is -4.67. The second kappa shape index (κ2) is 8.88. The van der Waals surface area contributed by atoms with E-state index in [9.17, 15) is 23.2 Å². The van der Waals surface area contributed by atoms with Crippen LogP contribution in [-0.2, 0) is 17.4 Å². The van der Waals surface area contributed by atoms with E-state index in [2.05, 4.69) is 4.98 Å². The van der Waals surface area contributed by atoms with Gasteiger partial charge in [0.1, 0.15) is 11.8 Å². The van der Waals surface area contributed by atoms with Crippen molar-refractivity contribution < 1.29 is 22.7 Å². The van der Waals surface area contributed by atoms with Crippen molar-refractivity contribution >= 4 is 17.3 Å². The average molecular weight is 425 g/mol. The largest absolute Gasteiger partial charge is 0.497 e. The lowest BCUT2D eigenvalue weighted by Gasteiger charge is -2.25. The van der Waals surface area contributed by atoms with E-state index in [1.54, 1.807) is 54.6 Å². The van der Waals surface area contributed by atoms with Crippen LogP contribution in [0.5, 0.6) is 5.75 Å². The first-order chi connectivity index (χ1) is 14.7. The van der Waals surface area contributed by atoms with Gasteiger partial charge in [-0.1, -0.05) is 29.8 Å². The summed E-state index contributed by atoms with van der Waals surface area (Å²) in [5.41, 5.74) is 0.337. The van der Waals surface area contributed by atoms with Gasteiger partial charge in [-0.3, -0.25) is 9.69 Å². The van der Waals surface area contributed by atoms with Crippen LogP contribution in [0.15, 0.2) is 60.8 Å². The predicted octanol–water partition coefficient (Wildman–Crippen LogP) is 5.20. The molecule has 8 heteroatoms. The second-order valence-corrected chi connectivity index (χ2v) is 6.79. The number of carbonyl (C=O) groups excluding carboxylic acids is 1. The van der Waals surface area contributed by atoms with Gasteiger partial charge in [0.15, 0.2) is 5.69 Å². The summed E-state index contributed by atoms with van der Waals surface area (Å²) in [4.78, 5) is 18.0. The van der Waals surface area contributed by atoms with Gasteiger partial charge in [0, 0.05) is 11.9 Å². The number of methoxy groups -OCH3 is 1. The first-order valence-corrected chi connectivity index (χ1v) is 9.23. The van der Waals surface area contributed by atoms with Gasteiger partial charge in [-0.05, 0) is 42.8 Å². The van der Waals surface area contributed by atoms with Gasteiger partial charge in [0.25, 0.3) is 0 Å². The Morgan fingerprint density at radius 1 is 1.13 bits per heavy atom. The Balaban J connectivity index is 2.09. The highest BCUT2D eigenvalue weighted by atomic mass is 19.4. The molecule has 0 saturated heterocycles. The van der Waals surface area contributed by atoms with Crippen LogP contribution in [0.3, 0.4) is 0 Å². The van der Waals surface area contributed by atoms with Crippen molar-refractivity contribution in [3.05, 3.63) is 83.2 Å². The molecule has 31 heavy (non-hydrogen) atoms. The maximum Gasteiger partial charge on any atom is 0.417 e. The van der Waals surface area contributed by atoms with Gasteiger partial charge in [0.05, 0.1) is 24.8 Å². The number of hydrogen-bond donors (Lipinski definition) is 0. The minimum absolute atomic E-state index is 0.0982. The number of rotatable bonds is 5. The smallest absolute Gasteiger partial charge is 0.417 e. The third-order valence-electron chi connectivity index (χ3n) is 4.60. The molecule has 0 aliphatic heterocycles. The molecule has 0 spiro atoms. The number of alkyl halides is 3. The van der Waals surface area contributed by atoms with Gasteiger partial charge < -0.3 is 4.74 Å². The van der Waals surface area contributed by atoms with Crippen molar-refractivity contribution in [3.63, 3.8) is 0 Å². The van der Waals surface area contributed by atoms with E-state index < -0.39 is 17.6 Å². The summed E-state index contributed by atoms with van der Waals surface area (Å²) >= 11 is 0. The zero-order valence-corrected chi connectivity index (χ0v) is 16.8. The number of ether oxygens (including phenoxy) is 1. The standard InChI is InChI=1S/C23H18F3N3O2/c1-15-3-7-18(8-4-15)29(22(30)11-16-5-9-19(31-2)10-6-16)21-12-17(23(24,25)26)14-28-20(21)13-27/h3-10,12,14H,11H2,1-2H3. The third kappa shape index (κ3) is 5.01. The quantitative estimate of drug-likeness (QED) is 0.564. The molecule has 0 atom stereocenters. The monoisotopic (exact) mass is 425 g/mol. The molecule has 0 unspecified atom stereocenters. The Labute approximate surface area is 177 Å². The van der Waals surface area contributed by atoms with Crippen molar-refractivity contribution in [1.82, 2.24) is 4.98 Å². The molecule has 0 bridgehead atoms. The number of amides is 1. The molecule has 0 radical (unpaired) electrons. The summed E-state index contributed by atoms with van der Waals surface area (Å²) in [6.45, 7) is 1.85. The topological polar surface area (TPSA) is 66.2 Å². The van der Waals surface area contributed by atoms with Crippen molar-refractivity contribution in [2.45, 2.75) is 19.5 Å². The summed E-state index contributed by atoms with van der Waals surface area (Å²) < 4.78 is 45.0. The maximum atomic E-state index is 13.3. The van der Waals surface area contributed by atoms with Crippen LogP contribution in [0.1, 0.15) is 22.4 Å². The number of halogens is 3. The van der Waals surface area contributed by atoms with Crippen LogP contribution in [0.4, 0.5) is 24.5 Å². The molecule has 0 saturated carbocycles. The van der Waals surface area contributed by atoms with Gasteiger partial charge in [-0.2, -0.15) is 18.4 Å². The second-order valence-electron chi connectivity index (χ2n) is 6.79. The van der Waals surface area contributed by atoms with Gasteiger partial charge in [-0.25, -0.2) is 4.98 Å². The van der Waals surface area contributed by atoms with Crippen LogP contribution >= 0.6 is 0 Å². The lowest BCUT2D eigenvalue weighted by molar-refractivity contribution is -0.137. The third-order valence-corrected chi connectivity index (χ3v) is 4.60. The predicted molar refractivity (Wildman–Crippen MR) is 109 cm³/mol. The molecule has 158 valence electrons. The Morgan fingerprint density at radius 3 is 2.32 bits per heavy atom. The molecule has 3 aromatic rings. The fraction of sp³-hybridized carbons (Fsp3) is 0.174. The molecule has 5 nitrogen and oxygen atoms in total. The lowest BCUT2D eigenvalue weighted by atomic mass is 10.1. The number of hydrogen-bond acceptors (Lipinski definition) is 4. The highest BCUT2D eigenvalue weighted by Crippen LogP contribution is 2.35. The fourth-order valence-electron chi connectivity index (χ4n) is 2.97. The number of anilines is 2. The zero-order chi connectivity index (χ0) is 22.6. The molecule has 0 N–H and O–H groups in total. The number of aryl methyl sites for hydroxylation is 1. The summed E-state index contributed by atoms with van der Waals surface area (Å²) in [5.74, 6) is 0.104. The SMILES string of the molecule is COc1ccc(CC(=O)N(c2ccc(C)cc2)c2cc(C(F)(F)F)cnc2C#N)cc1. The Hall–Kier alpha value is -3.86. The number of nitrogens with zero attached hydrogens (tertiary/aromatic N) is 3. The molecule has 0 aliphatic rings. The fourth-order valence-corrected chi connectivity index (χ4v) is 2.97. The lowest BCUT2D eigenvalue weighted by Crippen LogP contribution is -2.29. The van der Waals surface area contributed by atoms with E-state index in [0.717, 1.165) is 16.5 Å². The Kier molecular flexibility index (Phi) is 6.25. The van der Waals surface area contributed by atoms with E-state index in [4.69, 9.17) is 4.74 Å². The van der Waals surface area contributed by atoms with Crippen LogP contribution in [0.2, 0.25) is 0 Å². The van der Waals surface area contributed by atoms with Gasteiger partial charge in [-0.15, -0.1) is 0 Å². The summed E-state index contributed by atoms with van der Waals surface area (Å²) in [6, 6.07) is 16.0. The zero-order valence-electron chi connectivity index (χ0n) is 16.8. The molecule has 1 aromatic heterocycles. The first kappa shape index (κ1) is 21.8. The average Bonchev–Trinajstić information content (AvgIpc) is 2.75. The summed E-state index contributed by atoms with van der Waals surface area (Å²) in [6.07, 6.45) is -4.18. The summed E-state index contributed by atoms with van der Waals surface area (Å²) in [7, 11) is 1.52. The van der Waals surface area contributed by atoms with E-state index >= 15 is 0 Å². The summed E-state index contributed by atoms with van der Waals surface area (Å²) in [5, 5.41) is 9.44. The van der Waals surface area contributed by atoms with E-state index in [-0.39, 0.29) is 17.8 Å². The number of benzene rings is 2. The molecule has 2 aromatic carbocycles. The highest BCUT2D eigenvalue weighted by molar-refractivity contribution is 6.02. The number of aromatic nitrogens is 1. The van der Waals surface area contributed by atoms with E-state index in [0.29, 0.717) is 23.2 Å². The molecule has 3 rings (SSSR count). The van der Waals surface area contributed by atoms with Crippen LogP contribution in [0, 0.1) is 18.3 Å². The first-order valence-electron chi connectivity index (χ1n) is 9.23. The number of carbonyl (C=O) groups is 1. The van der Waals surface area contributed by atoms with Gasteiger partial charge in [0.2, 0.25) is 5.91 Å². The van der Waals surface area contributed by atoms with E-state index in [1.165, 1.54) is 7.11 Å². The van der Waals surface area contributed by atoms with Crippen molar-refractivity contribution in [2.75, 3.05) is 12.0 Å². The molecule has 1 heterocycles. The van der Waals surface area contributed by atoms with Crippen molar-refractivity contribution in [1.29, 1.82) is 5.26 Å². The van der Waals surface area contributed by atoms with Crippen LogP contribution in [0.25, 0.3) is 0 Å². The normalized spacial score (nSPS) is 11.0.